The fourth-order valence-electron chi connectivity index (χ4n) is 2.16. The largest absolute Gasteiger partial charge is 0.389 e. The predicted molar refractivity (Wildman–Crippen MR) is 93.1 cm³/mol. The molecule has 112 valence electrons. The Morgan fingerprint density at radius 2 is 2.20 bits per heavy atom. The minimum absolute atomic E-state index is 0.412. The lowest BCUT2D eigenvalue weighted by Crippen LogP contribution is -2.37. The summed E-state index contributed by atoms with van der Waals surface area (Å²) in [6.45, 7) is 5.91. The molecule has 0 fully saturated rings. The van der Waals surface area contributed by atoms with Crippen molar-refractivity contribution in [2.45, 2.75) is 31.2 Å². The first-order chi connectivity index (χ1) is 9.56. The number of nitrogens with zero attached hydrogens (tertiary/aromatic N) is 1. The Hall–Kier alpha value is -0.780. The van der Waals surface area contributed by atoms with Crippen molar-refractivity contribution in [3.8, 4) is 0 Å². The summed E-state index contributed by atoms with van der Waals surface area (Å²) in [5.74, 6) is 0. The van der Waals surface area contributed by atoms with E-state index in [2.05, 4.69) is 36.9 Å². The first-order valence-corrected chi connectivity index (χ1v) is 8.42. The van der Waals surface area contributed by atoms with Crippen molar-refractivity contribution in [1.29, 1.82) is 0 Å². The van der Waals surface area contributed by atoms with Gasteiger partial charge in [0.1, 0.15) is 4.99 Å². The summed E-state index contributed by atoms with van der Waals surface area (Å²) in [7, 11) is 1.72. The van der Waals surface area contributed by atoms with Crippen LogP contribution in [-0.2, 0) is 4.74 Å². The Morgan fingerprint density at radius 3 is 2.70 bits per heavy atom. The molecule has 20 heavy (non-hydrogen) atoms. The summed E-state index contributed by atoms with van der Waals surface area (Å²) in [6, 6.07) is 6.63. The Kier molecular flexibility index (Phi) is 7.34. The SMILES string of the molecule is CCC(C)N(CCOC)c1cccc(SC)c1C(N)=S. The van der Waals surface area contributed by atoms with Crippen LogP contribution in [0.4, 0.5) is 5.69 Å². The van der Waals surface area contributed by atoms with Gasteiger partial charge in [0.2, 0.25) is 0 Å². The van der Waals surface area contributed by atoms with Crippen LogP contribution < -0.4 is 10.6 Å². The second kappa shape index (κ2) is 8.49. The van der Waals surface area contributed by atoms with Gasteiger partial charge in [-0.2, -0.15) is 0 Å². The minimum atomic E-state index is 0.412. The van der Waals surface area contributed by atoms with E-state index in [0.29, 0.717) is 17.6 Å². The lowest BCUT2D eigenvalue weighted by Gasteiger charge is -2.32. The van der Waals surface area contributed by atoms with E-state index in [1.165, 1.54) is 0 Å². The van der Waals surface area contributed by atoms with Gasteiger partial charge >= 0.3 is 0 Å². The molecule has 0 saturated heterocycles. The molecule has 0 bridgehead atoms. The Bertz CT molecular complexity index is 451. The van der Waals surface area contributed by atoms with E-state index < -0.39 is 0 Å². The molecular weight excluding hydrogens is 288 g/mol. The third kappa shape index (κ3) is 4.11. The molecule has 1 aromatic rings. The number of anilines is 1. The molecule has 0 aliphatic rings. The molecule has 5 heteroatoms. The summed E-state index contributed by atoms with van der Waals surface area (Å²) in [6.07, 6.45) is 3.10. The van der Waals surface area contributed by atoms with E-state index in [4.69, 9.17) is 22.7 Å². The molecule has 3 nitrogen and oxygen atoms in total. The van der Waals surface area contributed by atoms with E-state index in [0.717, 1.165) is 29.1 Å². The monoisotopic (exact) mass is 312 g/mol. The number of hydrogen-bond donors (Lipinski definition) is 1. The van der Waals surface area contributed by atoms with Gasteiger partial charge in [-0.1, -0.05) is 25.2 Å². The van der Waals surface area contributed by atoms with Gasteiger partial charge in [0.25, 0.3) is 0 Å². The first kappa shape index (κ1) is 17.3. The van der Waals surface area contributed by atoms with Gasteiger partial charge in [-0.15, -0.1) is 11.8 Å². The number of ether oxygens (including phenoxy) is 1. The van der Waals surface area contributed by atoms with E-state index in [1.807, 2.05) is 6.26 Å². The van der Waals surface area contributed by atoms with E-state index in [9.17, 15) is 0 Å². The summed E-state index contributed by atoms with van der Waals surface area (Å²) in [4.78, 5) is 3.91. The number of rotatable bonds is 8. The highest BCUT2D eigenvalue weighted by Gasteiger charge is 2.19. The van der Waals surface area contributed by atoms with E-state index in [1.54, 1.807) is 18.9 Å². The Morgan fingerprint density at radius 1 is 1.50 bits per heavy atom. The van der Waals surface area contributed by atoms with Gasteiger partial charge in [0.15, 0.2) is 0 Å². The molecule has 0 heterocycles. The molecule has 0 aliphatic heterocycles. The molecule has 1 atom stereocenters. The molecule has 2 N–H and O–H groups in total. The Labute approximate surface area is 131 Å². The van der Waals surface area contributed by atoms with Crippen molar-refractivity contribution in [2.24, 2.45) is 5.73 Å². The highest BCUT2D eigenvalue weighted by Crippen LogP contribution is 2.31. The van der Waals surface area contributed by atoms with Crippen LogP contribution >= 0.6 is 24.0 Å². The lowest BCUT2D eigenvalue weighted by molar-refractivity contribution is 0.203. The van der Waals surface area contributed by atoms with Crippen molar-refractivity contribution in [2.75, 3.05) is 31.4 Å². The first-order valence-electron chi connectivity index (χ1n) is 6.79. The third-order valence-electron chi connectivity index (χ3n) is 3.44. The molecule has 0 saturated carbocycles. The second-order valence-corrected chi connectivity index (χ2v) is 5.95. The van der Waals surface area contributed by atoms with Crippen LogP contribution in [0.5, 0.6) is 0 Å². The second-order valence-electron chi connectivity index (χ2n) is 4.66. The van der Waals surface area contributed by atoms with Crippen molar-refractivity contribution in [1.82, 2.24) is 0 Å². The number of methoxy groups -OCH3 is 1. The van der Waals surface area contributed by atoms with Crippen molar-refractivity contribution < 1.29 is 4.74 Å². The average Bonchev–Trinajstić information content (AvgIpc) is 2.46. The topological polar surface area (TPSA) is 38.5 Å². The number of nitrogens with two attached hydrogens (primary N) is 1. The van der Waals surface area contributed by atoms with Crippen LogP contribution in [0.1, 0.15) is 25.8 Å². The third-order valence-corrected chi connectivity index (χ3v) is 4.42. The van der Waals surface area contributed by atoms with Gasteiger partial charge in [-0.05, 0) is 31.7 Å². The summed E-state index contributed by atoms with van der Waals surface area (Å²) in [5, 5.41) is 0. The molecule has 1 unspecified atom stereocenters. The zero-order valence-electron chi connectivity index (χ0n) is 12.7. The number of hydrogen-bond acceptors (Lipinski definition) is 4. The molecule has 0 spiro atoms. The zero-order valence-corrected chi connectivity index (χ0v) is 14.3. The van der Waals surface area contributed by atoms with Crippen LogP contribution in [0.2, 0.25) is 0 Å². The van der Waals surface area contributed by atoms with E-state index >= 15 is 0 Å². The number of thiocarbonyl (C=S) groups is 1. The molecule has 1 aromatic carbocycles. The van der Waals surface area contributed by atoms with Gasteiger partial charge < -0.3 is 15.4 Å². The van der Waals surface area contributed by atoms with E-state index in [-0.39, 0.29) is 0 Å². The van der Waals surface area contributed by atoms with Crippen LogP contribution in [0, 0.1) is 0 Å². The molecule has 0 aliphatic carbocycles. The zero-order chi connectivity index (χ0) is 15.1. The van der Waals surface area contributed by atoms with Crippen molar-refractivity contribution in [3.05, 3.63) is 23.8 Å². The number of thioether (sulfide) groups is 1. The Balaban J connectivity index is 3.27. The van der Waals surface area contributed by atoms with Gasteiger partial charge in [0, 0.05) is 35.8 Å². The molecule has 0 amide bonds. The van der Waals surface area contributed by atoms with Crippen LogP contribution in [-0.4, -0.2) is 37.5 Å². The average molecular weight is 313 g/mol. The predicted octanol–water partition coefficient (Wildman–Crippen LogP) is 3.29. The maximum Gasteiger partial charge on any atom is 0.107 e. The molecular formula is C15H24N2OS2. The smallest absolute Gasteiger partial charge is 0.107 e. The summed E-state index contributed by atoms with van der Waals surface area (Å²) in [5.41, 5.74) is 8.04. The highest BCUT2D eigenvalue weighted by molar-refractivity contribution is 7.98. The van der Waals surface area contributed by atoms with Gasteiger partial charge in [-0.25, -0.2) is 0 Å². The molecule has 1 rings (SSSR count). The minimum Gasteiger partial charge on any atom is -0.389 e. The quantitative estimate of drug-likeness (QED) is 0.589. The fourth-order valence-corrected chi connectivity index (χ4v) is 3.08. The standard InChI is InChI=1S/C15H24N2OS2/c1-5-11(2)17(9-10-18-3)12-7-6-8-13(20-4)14(12)15(16)19/h6-8,11H,5,9-10H2,1-4H3,(H2,16,19). The van der Waals surface area contributed by atoms with Crippen LogP contribution in [0.25, 0.3) is 0 Å². The molecule has 0 radical (unpaired) electrons. The maximum absolute atomic E-state index is 5.96. The maximum atomic E-state index is 5.96. The fraction of sp³-hybridized carbons (Fsp3) is 0.533. The van der Waals surface area contributed by atoms with Crippen molar-refractivity contribution >= 4 is 34.7 Å². The van der Waals surface area contributed by atoms with Gasteiger partial charge in [-0.3, -0.25) is 0 Å². The lowest BCUT2D eigenvalue weighted by atomic mass is 10.1. The molecule has 0 aromatic heterocycles. The summed E-state index contributed by atoms with van der Waals surface area (Å²) >= 11 is 6.94. The summed E-state index contributed by atoms with van der Waals surface area (Å²) < 4.78 is 5.23. The number of benzene rings is 1. The van der Waals surface area contributed by atoms with Crippen molar-refractivity contribution in [3.63, 3.8) is 0 Å². The normalized spacial score (nSPS) is 12.2. The van der Waals surface area contributed by atoms with Crippen LogP contribution in [0.3, 0.4) is 0 Å². The van der Waals surface area contributed by atoms with Crippen LogP contribution in [0.15, 0.2) is 23.1 Å². The van der Waals surface area contributed by atoms with Gasteiger partial charge in [0.05, 0.1) is 6.61 Å². The highest BCUT2D eigenvalue weighted by atomic mass is 32.2.